The zero-order valence-electron chi connectivity index (χ0n) is 16.0. The smallest absolute Gasteiger partial charge is 0.116 e. The third kappa shape index (κ3) is 5.66. The molecule has 0 saturated carbocycles. The number of fused-ring (bicyclic) bond motifs is 1. The van der Waals surface area contributed by atoms with Crippen LogP contribution < -0.4 is 5.32 Å². The van der Waals surface area contributed by atoms with Crippen molar-refractivity contribution in [2.75, 3.05) is 20.3 Å². The largest absolute Gasteiger partial charge is 0.381 e. The number of nitrogens with one attached hydrogen (secondary N) is 2. The van der Waals surface area contributed by atoms with E-state index in [2.05, 4.69) is 21.6 Å². The summed E-state index contributed by atoms with van der Waals surface area (Å²) in [6, 6.07) is 7.78. The fourth-order valence-corrected chi connectivity index (χ4v) is 3.28. The van der Waals surface area contributed by atoms with Gasteiger partial charge in [0.1, 0.15) is 6.29 Å². The molecule has 0 aliphatic carbocycles. The van der Waals surface area contributed by atoms with Gasteiger partial charge >= 0.3 is 0 Å². The molecule has 0 radical (unpaired) electrons. The fraction of sp³-hybridized carbons (Fsp3) is 0.400. The number of carbonyl (C=O) groups excluding carboxylic acids is 1. The zero-order chi connectivity index (χ0) is 19.7. The highest BCUT2D eigenvalue weighted by molar-refractivity contribution is 6.31. The van der Waals surface area contributed by atoms with Crippen LogP contribution in [0.4, 0.5) is 0 Å². The number of aryl methyl sites for hydroxylation is 1. The van der Waals surface area contributed by atoms with Crippen molar-refractivity contribution in [1.82, 2.24) is 20.1 Å². The minimum atomic E-state index is 0.0759. The minimum Gasteiger partial charge on any atom is -0.381 e. The minimum absolute atomic E-state index is 0.0759. The number of nitrogens with zero attached hydrogens (tertiary/aromatic N) is 2. The van der Waals surface area contributed by atoms with E-state index in [-0.39, 0.29) is 5.54 Å². The molecule has 27 heavy (non-hydrogen) atoms. The second kappa shape index (κ2) is 10.3. The highest BCUT2D eigenvalue weighted by Gasteiger charge is 2.33. The molecule has 0 atom stereocenters. The lowest BCUT2D eigenvalue weighted by Crippen LogP contribution is -2.44. The van der Waals surface area contributed by atoms with E-state index >= 15 is 0 Å². The first-order valence-corrected chi connectivity index (χ1v) is 9.30. The molecule has 146 valence electrons. The number of halogens is 1. The van der Waals surface area contributed by atoms with Gasteiger partial charge in [-0.3, -0.25) is 4.68 Å². The Kier molecular flexibility index (Phi) is 8.03. The van der Waals surface area contributed by atoms with Crippen molar-refractivity contribution >= 4 is 28.8 Å². The van der Waals surface area contributed by atoms with Gasteiger partial charge in [-0.2, -0.15) is 5.10 Å². The topological polar surface area (TPSA) is 71.9 Å². The Labute approximate surface area is 164 Å². The number of aromatic amines is 1. The van der Waals surface area contributed by atoms with Gasteiger partial charge in [-0.25, -0.2) is 0 Å². The van der Waals surface area contributed by atoms with Crippen molar-refractivity contribution in [3.63, 3.8) is 0 Å². The lowest BCUT2D eigenvalue weighted by atomic mass is 9.85. The molecular weight excluding hydrogens is 364 g/mol. The molecule has 1 aliphatic rings. The Morgan fingerprint density at radius 2 is 2.04 bits per heavy atom. The van der Waals surface area contributed by atoms with E-state index in [1.54, 1.807) is 0 Å². The van der Waals surface area contributed by atoms with E-state index in [1.165, 1.54) is 12.5 Å². The Hall–Kier alpha value is -2.15. The normalized spacial score (nSPS) is 15.3. The van der Waals surface area contributed by atoms with Crippen LogP contribution >= 0.6 is 11.6 Å². The Bertz CT molecular complexity index is 837. The highest BCUT2D eigenvalue weighted by atomic mass is 35.5. The molecule has 0 spiro atoms. The van der Waals surface area contributed by atoms with Gasteiger partial charge in [-0.1, -0.05) is 11.6 Å². The first-order valence-electron chi connectivity index (χ1n) is 8.93. The van der Waals surface area contributed by atoms with Crippen LogP contribution in [0.15, 0.2) is 42.9 Å². The number of aldehydes is 1. The van der Waals surface area contributed by atoms with Crippen molar-refractivity contribution in [2.45, 2.75) is 25.3 Å². The van der Waals surface area contributed by atoms with Crippen LogP contribution in [0.1, 0.15) is 25.3 Å². The predicted molar refractivity (Wildman–Crippen MR) is 109 cm³/mol. The second-order valence-corrected chi connectivity index (χ2v) is 6.73. The van der Waals surface area contributed by atoms with Gasteiger partial charge in [-0.15, -0.1) is 0 Å². The van der Waals surface area contributed by atoms with Gasteiger partial charge in [-0.05, 0) is 51.1 Å². The Morgan fingerprint density at radius 3 is 2.63 bits per heavy atom. The second-order valence-electron chi connectivity index (χ2n) is 6.29. The maximum absolute atomic E-state index is 8.81. The molecular formula is C20H27ClN4O2. The molecule has 0 unspecified atom stereocenters. The molecule has 4 rings (SSSR count). The number of benzene rings is 1. The van der Waals surface area contributed by atoms with Crippen LogP contribution in [-0.2, 0) is 22.1 Å². The van der Waals surface area contributed by atoms with Gasteiger partial charge in [0.25, 0.3) is 0 Å². The van der Waals surface area contributed by atoms with Crippen LogP contribution in [0.3, 0.4) is 0 Å². The van der Waals surface area contributed by atoms with Gasteiger partial charge in [0.05, 0.1) is 11.7 Å². The summed E-state index contributed by atoms with van der Waals surface area (Å²) in [7, 11) is 3.96. The molecule has 3 heterocycles. The molecule has 1 saturated heterocycles. The summed E-state index contributed by atoms with van der Waals surface area (Å²) in [4.78, 5) is 11.9. The molecule has 3 aromatic rings. The average molecular weight is 391 g/mol. The first-order chi connectivity index (χ1) is 13.0. The average Bonchev–Trinajstić information content (AvgIpc) is 3.32. The van der Waals surface area contributed by atoms with E-state index < -0.39 is 0 Å². The van der Waals surface area contributed by atoms with Crippen LogP contribution in [0, 0.1) is 0 Å². The van der Waals surface area contributed by atoms with E-state index in [0.717, 1.165) is 48.3 Å². The van der Waals surface area contributed by atoms with E-state index in [0.29, 0.717) is 0 Å². The van der Waals surface area contributed by atoms with Crippen LogP contribution in [-0.4, -0.2) is 41.3 Å². The summed E-state index contributed by atoms with van der Waals surface area (Å²) >= 11 is 5.76. The number of carbonyl (C=O) groups is 1. The third-order valence-corrected chi connectivity index (χ3v) is 4.83. The summed E-state index contributed by atoms with van der Waals surface area (Å²) in [6.07, 6.45) is 8.73. The summed E-state index contributed by atoms with van der Waals surface area (Å²) in [5.74, 6) is 0. The fourth-order valence-electron chi connectivity index (χ4n) is 3.10. The predicted octanol–water partition coefficient (Wildman–Crippen LogP) is 3.67. The highest BCUT2D eigenvalue weighted by Crippen LogP contribution is 2.31. The SMILES string of the molecule is CC=O.CNC1(c2cnn(C)c2)CCOCC1.Clc1ccc2[nH]ccc2c1. The third-order valence-electron chi connectivity index (χ3n) is 4.60. The molecule has 2 N–H and O–H groups in total. The molecule has 7 heteroatoms. The van der Waals surface area contributed by atoms with Gasteiger partial charge in [0.15, 0.2) is 0 Å². The van der Waals surface area contributed by atoms with Crippen LogP contribution in [0.2, 0.25) is 5.02 Å². The molecule has 0 amide bonds. The maximum atomic E-state index is 8.81. The summed E-state index contributed by atoms with van der Waals surface area (Å²) in [6.45, 7) is 3.10. The number of rotatable bonds is 2. The van der Waals surface area contributed by atoms with Gasteiger partial charge < -0.3 is 19.8 Å². The summed E-state index contributed by atoms with van der Waals surface area (Å²) in [5.41, 5.74) is 2.47. The molecule has 1 fully saturated rings. The summed E-state index contributed by atoms with van der Waals surface area (Å²) < 4.78 is 7.24. The van der Waals surface area contributed by atoms with Crippen LogP contribution in [0.25, 0.3) is 10.9 Å². The van der Waals surface area contributed by atoms with Gasteiger partial charge in [0, 0.05) is 54.1 Å². The number of ether oxygens (including phenoxy) is 1. The van der Waals surface area contributed by atoms with Crippen molar-refractivity contribution in [3.05, 3.63) is 53.4 Å². The lowest BCUT2D eigenvalue weighted by molar-refractivity contribution is -0.106. The monoisotopic (exact) mass is 390 g/mol. The standard InChI is InChI=1S/C10H17N3O.C8H6ClN.C2H4O/c1-11-10(3-5-14-6-4-10)9-7-12-13(2)8-9;9-7-1-2-8-6(5-7)3-4-10-8;1-2-3/h7-8,11H,3-6H2,1-2H3;1-5,10H;2H,1H3. The zero-order valence-corrected chi connectivity index (χ0v) is 16.8. The molecule has 0 bridgehead atoms. The quantitative estimate of drug-likeness (QED) is 0.655. The summed E-state index contributed by atoms with van der Waals surface area (Å²) in [5, 5.41) is 9.58. The van der Waals surface area contributed by atoms with Crippen LogP contribution in [0.5, 0.6) is 0 Å². The molecule has 1 aliphatic heterocycles. The molecule has 2 aromatic heterocycles. The van der Waals surface area contributed by atoms with Crippen molar-refractivity contribution in [1.29, 1.82) is 0 Å². The first kappa shape index (κ1) is 21.2. The lowest BCUT2D eigenvalue weighted by Gasteiger charge is -2.36. The molecule has 1 aromatic carbocycles. The Morgan fingerprint density at radius 1 is 1.33 bits per heavy atom. The van der Waals surface area contributed by atoms with Crippen molar-refractivity contribution < 1.29 is 9.53 Å². The van der Waals surface area contributed by atoms with Crippen molar-refractivity contribution in [3.8, 4) is 0 Å². The molecule has 6 nitrogen and oxygen atoms in total. The Balaban J connectivity index is 0.000000176. The van der Waals surface area contributed by atoms with E-state index in [1.807, 2.05) is 55.4 Å². The number of hydrogen-bond donors (Lipinski definition) is 2. The number of hydrogen-bond acceptors (Lipinski definition) is 4. The maximum Gasteiger partial charge on any atom is 0.116 e. The number of H-pyrrole nitrogens is 1. The van der Waals surface area contributed by atoms with E-state index in [4.69, 9.17) is 21.1 Å². The van der Waals surface area contributed by atoms with E-state index in [9.17, 15) is 0 Å². The number of aromatic nitrogens is 3. The van der Waals surface area contributed by atoms with Crippen molar-refractivity contribution in [2.24, 2.45) is 7.05 Å². The van der Waals surface area contributed by atoms with Gasteiger partial charge in [0.2, 0.25) is 0 Å².